The van der Waals surface area contributed by atoms with Gasteiger partial charge in [0.1, 0.15) is 0 Å². The number of amides is 1. The fourth-order valence-electron chi connectivity index (χ4n) is 1.38. The van der Waals surface area contributed by atoms with E-state index in [9.17, 15) is 4.79 Å². The van der Waals surface area contributed by atoms with E-state index in [-0.39, 0.29) is 11.8 Å². The Bertz CT molecular complexity index is 551. The molecule has 0 radical (unpaired) electrons. The Kier molecular flexibility index (Phi) is 4.14. The number of aromatic nitrogens is 1. The average molecular weight is 325 g/mol. The summed E-state index contributed by atoms with van der Waals surface area (Å²) in [5.74, 6) is -0.0660. The molecule has 1 aromatic carbocycles. The Morgan fingerprint density at radius 1 is 1.33 bits per heavy atom. The smallest absolute Gasteiger partial charge is 0.228 e. The minimum Gasteiger partial charge on any atom is -0.302 e. The number of hydrogen-bond acceptors (Lipinski definition) is 3. The molecule has 3 nitrogen and oxygen atoms in total. The zero-order chi connectivity index (χ0) is 13.1. The van der Waals surface area contributed by atoms with Crippen LogP contribution in [0.1, 0.15) is 13.8 Å². The van der Waals surface area contributed by atoms with Crippen molar-refractivity contribution >= 4 is 38.3 Å². The highest BCUT2D eigenvalue weighted by Crippen LogP contribution is 2.35. The number of carbonyl (C=O) groups is 1. The third-order valence-electron chi connectivity index (χ3n) is 2.39. The molecule has 2 aromatic rings. The van der Waals surface area contributed by atoms with E-state index in [0.717, 1.165) is 15.0 Å². The normalized spacial score (nSPS) is 10.7. The first-order valence-electron chi connectivity index (χ1n) is 5.60. The van der Waals surface area contributed by atoms with Crippen LogP contribution in [0.5, 0.6) is 0 Å². The van der Waals surface area contributed by atoms with Gasteiger partial charge in [-0.2, -0.15) is 0 Å². The van der Waals surface area contributed by atoms with E-state index in [1.54, 1.807) is 0 Å². The number of benzene rings is 1. The lowest BCUT2D eigenvalue weighted by molar-refractivity contribution is -0.118. The van der Waals surface area contributed by atoms with Crippen LogP contribution in [0.3, 0.4) is 0 Å². The summed E-state index contributed by atoms with van der Waals surface area (Å²) in [5.41, 5.74) is 1.89. The quantitative estimate of drug-likeness (QED) is 0.920. The summed E-state index contributed by atoms with van der Waals surface area (Å²) >= 11 is 4.91. The molecule has 0 fully saturated rings. The van der Waals surface area contributed by atoms with Gasteiger partial charge in [0.15, 0.2) is 5.13 Å². The Morgan fingerprint density at radius 2 is 2.00 bits per heavy atom. The number of rotatable bonds is 3. The van der Waals surface area contributed by atoms with E-state index in [1.807, 2.05) is 44.2 Å². The van der Waals surface area contributed by atoms with Crippen molar-refractivity contribution in [3.05, 3.63) is 34.1 Å². The molecule has 1 aromatic heterocycles. The van der Waals surface area contributed by atoms with E-state index < -0.39 is 0 Å². The zero-order valence-corrected chi connectivity index (χ0v) is 12.5. The molecule has 0 saturated heterocycles. The Hall–Kier alpha value is -1.20. The van der Waals surface area contributed by atoms with Crippen molar-refractivity contribution in [2.24, 2.45) is 5.92 Å². The highest BCUT2D eigenvalue weighted by molar-refractivity contribution is 9.11. The predicted octanol–water partition coefficient (Wildman–Crippen LogP) is 4.17. The van der Waals surface area contributed by atoms with Crippen molar-refractivity contribution in [1.82, 2.24) is 4.98 Å². The first kappa shape index (κ1) is 13.2. The van der Waals surface area contributed by atoms with Gasteiger partial charge < -0.3 is 5.32 Å². The number of halogens is 1. The van der Waals surface area contributed by atoms with Gasteiger partial charge in [0.25, 0.3) is 0 Å². The van der Waals surface area contributed by atoms with Crippen LogP contribution >= 0.6 is 27.3 Å². The largest absolute Gasteiger partial charge is 0.302 e. The van der Waals surface area contributed by atoms with E-state index in [1.165, 1.54) is 11.3 Å². The monoisotopic (exact) mass is 324 g/mol. The summed E-state index contributed by atoms with van der Waals surface area (Å²) < 4.78 is 0.924. The molecule has 0 bridgehead atoms. The molecule has 1 heterocycles. The van der Waals surface area contributed by atoms with Crippen LogP contribution in [0.4, 0.5) is 5.13 Å². The number of nitrogens with zero attached hydrogens (tertiary/aromatic N) is 1. The second-order valence-electron chi connectivity index (χ2n) is 4.15. The maximum Gasteiger partial charge on any atom is 0.228 e. The molecule has 0 saturated carbocycles. The van der Waals surface area contributed by atoms with Crippen molar-refractivity contribution in [1.29, 1.82) is 0 Å². The highest BCUT2D eigenvalue weighted by atomic mass is 79.9. The van der Waals surface area contributed by atoms with Crippen molar-refractivity contribution in [2.75, 3.05) is 5.32 Å². The van der Waals surface area contributed by atoms with E-state index >= 15 is 0 Å². The fraction of sp³-hybridized carbons (Fsp3) is 0.231. The first-order valence-corrected chi connectivity index (χ1v) is 7.21. The molecule has 0 spiro atoms. The first-order chi connectivity index (χ1) is 8.58. The van der Waals surface area contributed by atoms with Gasteiger partial charge in [-0.3, -0.25) is 4.79 Å². The fourth-order valence-corrected chi connectivity index (χ4v) is 2.87. The topological polar surface area (TPSA) is 42.0 Å². The van der Waals surface area contributed by atoms with Crippen molar-refractivity contribution in [3.63, 3.8) is 0 Å². The van der Waals surface area contributed by atoms with E-state index in [0.29, 0.717) is 5.13 Å². The maximum atomic E-state index is 11.6. The summed E-state index contributed by atoms with van der Waals surface area (Å²) in [6.45, 7) is 3.71. The van der Waals surface area contributed by atoms with Crippen LogP contribution in [0, 0.1) is 5.92 Å². The summed E-state index contributed by atoms with van der Waals surface area (Å²) in [6.07, 6.45) is 0. The Morgan fingerprint density at radius 3 is 2.61 bits per heavy atom. The maximum absolute atomic E-state index is 11.6. The zero-order valence-electron chi connectivity index (χ0n) is 10.1. The Labute approximate surface area is 118 Å². The third-order valence-corrected chi connectivity index (χ3v) is 4.01. The van der Waals surface area contributed by atoms with Crippen molar-refractivity contribution in [3.8, 4) is 11.3 Å². The van der Waals surface area contributed by atoms with Crippen molar-refractivity contribution in [2.45, 2.75) is 13.8 Å². The van der Waals surface area contributed by atoms with Crippen LogP contribution in [-0.2, 0) is 4.79 Å². The Balaban J connectivity index is 2.25. The molecule has 0 aliphatic rings. The molecule has 1 N–H and O–H groups in total. The van der Waals surface area contributed by atoms with Gasteiger partial charge in [-0.1, -0.05) is 55.5 Å². The lowest BCUT2D eigenvalue weighted by Crippen LogP contribution is -2.17. The molecule has 94 valence electrons. The average Bonchev–Trinajstić information content (AvgIpc) is 2.71. The van der Waals surface area contributed by atoms with Crippen LogP contribution in [0.15, 0.2) is 34.1 Å². The van der Waals surface area contributed by atoms with Crippen molar-refractivity contribution < 1.29 is 4.79 Å². The van der Waals surface area contributed by atoms with Crippen LogP contribution in [0.25, 0.3) is 11.3 Å². The predicted molar refractivity (Wildman–Crippen MR) is 78.7 cm³/mol. The number of carbonyl (C=O) groups excluding carboxylic acids is 1. The lowest BCUT2D eigenvalue weighted by Gasteiger charge is -2.03. The minimum atomic E-state index is -0.0483. The minimum absolute atomic E-state index is 0.0177. The molecular formula is C13H13BrN2OS. The molecule has 0 atom stereocenters. The molecule has 18 heavy (non-hydrogen) atoms. The molecule has 5 heteroatoms. The summed E-state index contributed by atoms with van der Waals surface area (Å²) in [5, 5.41) is 3.44. The summed E-state index contributed by atoms with van der Waals surface area (Å²) in [4.78, 5) is 16.1. The van der Waals surface area contributed by atoms with Gasteiger partial charge in [0, 0.05) is 11.5 Å². The third kappa shape index (κ3) is 2.97. The van der Waals surface area contributed by atoms with Gasteiger partial charge >= 0.3 is 0 Å². The van der Waals surface area contributed by atoms with E-state index in [4.69, 9.17) is 0 Å². The van der Waals surface area contributed by atoms with Crippen LogP contribution < -0.4 is 5.32 Å². The number of thiazole rings is 1. The van der Waals surface area contributed by atoms with E-state index in [2.05, 4.69) is 26.2 Å². The van der Waals surface area contributed by atoms with Gasteiger partial charge in [0.05, 0.1) is 9.48 Å². The molecule has 1 amide bonds. The second-order valence-corrected chi connectivity index (χ2v) is 6.47. The number of nitrogens with one attached hydrogen (secondary N) is 1. The number of anilines is 1. The summed E-state index contributed by atoms with van der Waals surface area (Å²) in [6, 6.07) is 9.88. The van der Waals surface area contributed by atoms with Gasteiger partial charge in [-0.25, -0.2) is 4.98 Å². The molecule has 0 aliphatic carbocycles. The lowest BCUT2D eigenvalue weighted by atomic mass is 10.2. The molecular weight excluding hydrogens is 312 g/mol. The second kappa shape index (κ2) is 5.63. The molecule has 0 unspecified atom stereocenters. The summed E-state index contributed by atoms with van der Waals surface area (Å²) in [7, 11) is 0. The van der Waals surface area contributed by atoms with Gasteiger partial charge in [0.2, 0.25) is 5.91 Å². The van der Waals surface area contributed by atoms with Gasteiger partial charge in [-0.15, -0.1) is 0 Å². The molecule has 2 rings (SSSR count). The SMILES string of the molecule is CC(C)C(=O)Nc1nc(-c2ccccc2)c(Br)s1. The van der Waals surface area contributed by atoms with Gasteiger partial charge in [-0.05, 0) is 15.9 Å². The highest BCUT2D eigenvalue weighted by Gasteiger charge is 2.14. The van der Waals surface area contributed by atoms with Crippen LogP contribution in [-0.4, -0.2) is 10.9 Å². The van der Waals surface area contributed by atoms with Crippen LogP contribution in [0.2, 0.25) is 0 Å². The standard InChI is InChI=1S/C13H13BrN2OS/c1-8(2)12(17)16-13-15-10(11(14)18-13)9-6-4-3-5-7-9/h3-8H,1-2H3,(H,15,16,17). The number of hydrogen-bond donors (Lipinski definition) is 1. The molecule has 0 aliphatic heterocycles.